The van der Waals surface area contributed by atoms with E-state index in [9.17, 15) is 4.79 Å². The summed E-state index contributed by atoms with van der Waals surface area (Å²) in [5.41, 5.74) is 4.44. The molecule has 5 rings (SSSR count). The van der Waals surface area contributed by atoms with Gasteiger partial charge in [-0.3, -0.25) is 4.79 Å². The lowest BCUT2D eigenvalue weighted by Gasteiger charge is -2.36. The zero-order valence-corrected chi connectivity index (χ0v) is 17.8. The number of aromatic nitrogens is 3. The second-order valence-corrected chi connectivity index (χ2v) is 8.47. The first-order valence-electron chi connectivity index (χ1n) is 10.2. The number of piperazine rings is 1. The van der Waals surface area contributed by atoms with E-state index in [-0.39, 0.29) is 5.91 Å². The second kappa shape index (κ2) is 8.16. The topological polar surface area (TPSA) is 74.7 Å². The third-order valence-electron chi connectivity index (χ3n) is 5.59. The van der Waals surface area contributed by atoms with Gasteiger partial charge in [-0.15, -0.1) is 11.3 Å². The smallest absolute Gasteiger partial charge is 0.254 e. The molecule has 0 N–H and O–H groups in total. The third kappa shape index (κ3) is 3.82. The highest BCUT2D eigenvalue weighted by Crippen LogP contribution is 2.22. The van der Waals surface area contributed by atoms with E-state index in [1.807, 2.05) is 41.6 Å². The van der Waals surface area contributed by atoms with Crippen molar-refractivity contribution in [2.45, 2.75) is 6.92 Å². The molecule has 0 radical (unpaired) electrons. The van der Waals surface area contributed by atoms with E-state index in [2.05, 4.69) is 19.8 Å². The van der Waals surface area contributed by atoms with Gasteiger partial charge in [-0.05, 0) is 25.1 Å². The quantitative estimate of drug-likeness (QED) is 0.638. The number of hydrogen-bond acceptors (Lipinski definition) is 8. The van der Waals surface area contributed by atoms with E-state index < -0.39 is 0 Å². The van der Waals surface area contributed by atoms with Crippen LogP contribution >= 0.6 is 11.3 Å². The predicted octanol–water partition coefficient (Wildman–Crippen LogP) is 2.19. The Balaban J connectivity index is 1.27. The maximum absolute atomic E-state index is 13.0. The van der Waals surface area contributed by atoms with E-state index in [1.54, 1.807) is 11.3 Å². The molecule has 1 amide bonds. The number of benzene rings is 1. The Morgan fingerprint density at radius 2 is 1.80 bits per heavy atom. The predicted molar refractivity (Wildman–Crippen MR) is 118 cm³/mol. The summed E-state index contributed by atoms with van der Waals surface area (Å²) in [5.74, 6) is 1.78. The maximum atomic E-state index is 13.0. The number of morpholine rings is 1. The molecular weight excluding hydrogens is 400 g/mol. The van der Waals surface area contributed by atoms with Gasteiger partial charge in [0.2, 0.25) is 5.95 Å². The van der Waals surface area contributed by atoms with Crippen LogP contribution in [-0.4, -0.2) is 78.2 Å². The van der Waals surface area contributed by atoms with Gasteiger partial charge < -0.3 is 19.4 Å². The molecular formula is C21H24N6O2S. The molecule has 156 valence electrons. The molecule has 2 aliphatic rings. The van der Waals surface area contributed by atoms with Crippen LogP contribution in [0.15, 0.2) is 29.8 Å². The van der Waals surface area contributed by atoms with Crippen LogP contribution < -0.4 is 9.80 Å². The van der Waals surface area contributed by atoms with Gasteiger partial charge in [0.25, 0.3) is 5.91 Å². The van der Waals surface area contributed by atoms with Crippen LogP contribution in [0.1, 0.15) is 16.1 Å². The van der Waals surface area contributed by atoms with Crippen LogP contribution in [0.4, 0.5) is 11.8 Å². The highest BCUT2D eigenvalue weighted by Gasteiger charge is 2.24. The van der Waals surface area contributed by atoms with Crippen LogP contribution in [-0.2, 0) is 4.74 Å². The number of rotatable bonds is 3. The number of carbonyl (C=O) groups excluding carboxylic acids is 1. The first kappa shape index (κ1) is 19.2. The maximum Gasteiger partial charge on any atom is 0.254 e. The highest BCUT2D eigenvalue weighted by atomic mass is 32.1. The van der Waals surface area contributed by atoms with Crippen molar-refractivity contribution in [2.24, 2.45) is 0 Å². The molecule has 8 nitrogen and oxygen atoms in total. The molecule has 2 fully saturated rings. The minimum absolute atomic E-state index is 0.0813. The van der Waals surface area contributed by atoms with Crippen molar-refractivity contribution in [3.63, 3.8) is 0 Å². The van der Waals surface area contributed by atoms with Gasteiger partial charge in [-0.2, -0.15) is 4.98 Å². The fourth-order valence-electron chi connectivity index (χ4n) is 3.91. The molecule has 0 bridgehead atoms. The minimum atomic E-state index is 0.0813. The van der Waals surface area contributed by atoms with Gasteiger partial charge in [-0.25, -0.2) is 9.97 Å². The van der Waals surface area contributed by atoms with E-state index in [1.165, 1.54) is 0 Å². The summed E-state index contributed by atoms with van der Waals surface area (Å²) in [6, 6.07) is 7.77. The van der Waals surface area contributed by atoms with Crippen LogP contribution in [0.25, 0.3) is 10.2 Å². The Labute approximate surface area is 179 Å². The van der Waals surface area contributed by atoms with Crippen LogP contribution in [0.2, 0.25) is 0 Å². The molecule has 9 heteroatoms. The van der Waals surface area contributed by atoms with E-state index in [0.717, 1.165) is 59.4 Å². The molecule has 0 saturated carbocycles. The zero-order valence-electron chi connectivity index (χ0n) is 17.0. The second-order valence-electron chi connectivity index (χ2n) is 7.58. The highest BCUT2D eigenvalue weighted by molar-refractivity contribution is 7.16. The summed E-state index contributed by atoms with van der Waals surface area (Å²) in [6.45, 7) is 7.92. The average Bonchev–Trinajstić information content (AvgIpc) is 3.27. The standard InChI is InChI=1S/C21H24N6O2S/c1-15-12-19(24-21(23-15)27-8-10-29-11-9-27)25-4-6-26(7-5-25)20(28)16-2-3-17-18(13-16)30-14-22-17/h2-3,12-14H,4-11H2,1H3. The minimum Gasteiger partial charge on any atom is -0.378 e. The molecule has 4 heterocycles. The number of thiazole rings is 1. The van der Waals surface area contributed by atoms with Crippen molar-refractivity contribution in [3.05, 3.63) is 41.0 Å². The number of fused-ring (bicyclic) bond motifs is 1. The number of carbonyl (C=O) groups is 1. The number of ether oxygens (including phenoxy) is 1. The first-order chi connectivity index (χ1) is 14.7. The SMILES string of the molecule is Cc1cc(N2CCN(C(=O)c3ccc4ncsc4c3)CC2)nc(N2CCOCC2)n1. The van der Waals surface area contributed by atoms with Crippen LogP contribution in [0, 0.1) is 6.92 Å². The summed E-state index contributed by atoms with van der Waals surface area (Å²) < 4.78 is 6.49. The molecule has 0 spiro atoms. The molecule has 1 aromatic carbocycles. The largest absolute Gasteiger partial charge is 0.378 e. The lowest BCUT2D eigenvalue weighted by Crippen LogP contribution is -2.49. The van der Waals surface area contributed by atoms with Gasteiger partial charge in [0.1, 0.15) is 5.82 Å². The molecule has 2 aliphatic heterocycles. The molecule has 2 aromatic heterocycles. The Bertz CT molecular complexity index is 1060. The summed E-state index contributed by atoms with van der Waals surface area (Å²) in [4.78, 5) is 33.0. The summed E-state index contributed by atoms with van der Waals surface area (Å²) in [5, 5.41) is 0. The van der Waals surface area contributed by atoms with Crippen LogP contribution in [0.5, 0.6) is 0 Å². The fourth-order valence-corrected chi connectivity index (χ4v) is 4.63. The molecule has 30 heavy (non-hydrogen) atoms. The van der Waals surface area contributed by atoms with Crippen molar-refractivity contribution in [1.29, 1.82) is 0 Å². The van der Waals surface area contributed by atoms with E-state index in [4.69, 9.17) is 9.72 Å². The van der Waals surface area contributed by atoms with Gasteiger partial charge in [0.15, 0.2) is 0 Å². The molecule has 2 saturated heterocycles. The first-order valence-corrected chi connectivity index (χ1v) is 11.1. The summed E-state index contributed by atoms with van der Waals surface area (Å²) >= 11 is 1.56. The third-order valence-corrected chi connectivity index (χ3v) is 6.38. The number of hydrogen-bond donors (Lipinski definition) is 0. The van der Waals surface area contributed by atoms with Crippen molar-refractivity contribution in [3.8, 4) is 0 Å². The number of nitrogens with zero attached hydrogens (tertiary/aromatic N) is 6. The fraction of sp³-hybridized carbons (Fsp3) is 0.429. The van der Waals surface area contributed by atoms with Gasteiger partial charge >= 0.3 is 0 Å². The molecule has 0 aliphatic carbocycles. The number of amides is 1. The van der Waals surface area contributed by atoms with Crippen molar-refractivity contribution < 1.29 is 9.53 Å². The van der Waals surface area contributed by atoms with Gasteiger partial charge in [0.05, 0.1) is 28.9 Å². The Morgan fingerprint density at radius 3 is 2.60 bits per heavy atom. The zero-order chi connectivity index (χ0) is 20.5. The van der Waals surface area contributed by atoms with Crippen molar-refractivity contribution in [2.75, 3.05) is 62.3 Å². The molecule has 3 aromatic rings. The van der Waals surface area contributed by atoms with E-state index in [0.29, 0.717) is 26.3 Å². The lowest BCUT2D eigenvalue weighted by molar-refractivity contribution is 0.0746. The van der Waals surface area contributed by atoms with Crippen LogP contribution in [0.3, 0.4) is 0 Å². The Morgan fingerprint density at radius 1 is 1.00 bits per heavy atom. The van der Waals surface area contributed by atoms with Crippen molar-refractivity contribution >= 4 is 39.2 Å². The van der Waals surface area contributed by atoms with Gasteiger partial charge in [-0.1, -0.05) is 0 Å². The molecule has 0 unspecified atom stereocenters. The summed E-state index contributed by atoms with van der Waals surface area (Å²) in [7, 11) is 0. The average molecular weight is 425 g/mol. The Kier molecular flexibility index (Phi) is 5.22. The lowest BCUT2D eigenvalue weighted by atomic mass is 10.1. The monoisotopic (exact) mass is 424 g/mol. The Hall–Kier alpha value is -2.78. The van der Waals surface area contributed by atoms with Gasteiger partial charge in [0, 0.05) is 56.6 Å². The van der Waals surface area contributed by atoms with E-state index >= 15 is 0 Å². The van der Waals surface area contributed by atoms with Crippen molar-refractivity contribution in [1.82, 2.24) is 19.9 Å². The summed E-state index contributed by atoms with van der Waals surface area (Å²) in [6.07, 6.45) is 0. The number of aryl methyl sites for hydroxylation is 1. The number of anilines is 2. The molecule has 0 atom stereocenters. The normalized spacial score (nSPS) is 17.6.